The number of aromatic nitrogens is 2. The summed E-state index contributed by atoms with van der Waals surface area (Å²) >= 11 is 0. The van der Waals surface area contributed by atoms with E-state index in [0.717, 1.165) is 5.39 Å². The lowest BCUT2D eigenvalue weighted by atomic mass is 10.3. The third-order valence-corrected chi connectivity index (χ3v) is 2.16. The van der Waals surface area contributed by atoms with Crippen molar-refractivity contribution in [3.05, 3.63) is 30.1 Å². The molecule has 0 fully saturated rings. The molecule has 2 heterocycles. The molecule has 0 saturated heterocycles. The molecule has 1 amide bonds. The van der Waals surface area contributed by atoms with Gasteiger partial charge in [0.15, 0.2) is 5.65 Å². The van der Waals surface area contributed by atoms with E-state index in [1.54, 1.807) is 19.3 Å². The van der Waals surface area contributed by atoms with E-state index in [1.807, 2.05) is 12.1 Å². The van der Waals surface area contributed by atoms with E-state index < -0.39 is 0 Å². The van der Waals surface area contributed by atoms with Gasteiger partial charge in [-0.15, -0.1) is 0 Å². The molecule has 0 aliphatic heterocycles. The number of nitrogens with zero attached hydrogens (tertiary/aromatic N) is 2. The summed E-state index contributed by atoms with van der Waals surface area (Å²) in [6.45, 7) is 0. The SMILES string of the molecule is CNC(=O)c1cc2cccnc2n1OC. The minimum Gasteiger partial charge on any atom is -0.415 e. The summed E-state index contributed by atoms with van der Waals surface area (Å²) < 4.78 is 1.41. The first-order valence-electron chi connectivity index (χ1n) is 4.51. The van der Waals surface area contributed by atoms with Crippen molar-refractivity contribution < 1.29 is 9.63 Å². The van der Waals surface area contributed by atoms with Gasteiger partial charge in [-0.3, -0.25) is 4.79 Å². The predicted octanol–water partition coefficient (Wildman–Crippen LogP) is 0.454. The molecule has 0 saturated carbocycles. The molecule has 0 aromatic carbocycles. The Bertz CT molecular complexity index is 504. The van der Waals surface area contributed by atoms with Crippen molar-refractivity contribution in [3.8, 4) is 0 Å². The molecule has 0 bridgehead atoms. The Labute approximate surface area is 86.6 Å². The van der Waals surface area contributed by atoms with Gasteiger partial charge in [0.05, 0.1) is 0 Å². The highest BCUT2D eigenvalue weighted by Crippen LogP contribution is 2.15. The molecular weight excluding hydrogens is 194 g/mol. The lowest BCUT2D eigenvalue weighted by Crippen LogP contribution is -2.23. The van der Waals surface area contributed by atoms with Crippen LogP contribution in [0.15, 0.2) is 24.4 Å². The molecule has 0 aliphatic carbocycles. The number of hydrogen-bond acceptors (Lipinski definition) is 3. The van der Waals surface area contributed by atoms with E-state index in [2.05, 4.69) is 10.3 Å². The van der Waals surface area contributed by atoms with Gasteiger partial charge in [0.25, 0.3) is 5.91 Å². The highest BCUT2D eigenvalue weighted by atomic mass is 16.6. The number of rotatable bonds is 2. The zero-order valence-corrected chi connectivity index (χ0v) is 8.52. The summed E-state index contributed by atoms with van der Waals surface area (Å²) in [5.41, 5.74) is 1.08. The molecule has 0 spiro atoms. The first kappa shape index (κ1) is 9.51. The van der Waals surface area contributed by atoms with Gasteiger partial charge in [-0.2, -0.15) is 4.73 Å². The van der Waals surface area contributed by atoms with Crippen molar-refractivity contribution in [2.45, 2.75) is 0 Å². The Kier molecular flexibility index (Phi) is 2.29. The van der Waals surface area contributed by atoms with Crippen LogP contribution >= 0.6 is 0 Å². The van der Waals surface area contributed by atoms with Crippen molar-refractivity contribution in [2.24, 2.45) is 0 Å². The largest absolute Gasteiger partial charge is 0.415 e. The Balaban J connectivity index is 2.69. The summed E-state index contributed by atoms with van der Waals surface area (Å²) in [7, 11) is 3.08. The molecule has 78 valence electrons. The second kappa shape index (κ2) is 3.61. The van der Waals surface area contributed by atoms with Crippen LogP contribution in [0.25, 0.3) is 11.0 Å². The van der Waals surface area contributed by atoms with Crippen LogP contribution < -0.4 is 10.2 Å². The summed E-state index contributed by atoms with van der Waals surface area (Å²) in [5.74, 6) is -0.199. The van der Waals surface area contributed by atoms with Gasteiger partial charge in [0.1, 0.15) is 12.8 Å². The zero-order valence-electron chi connectivity index (χ0n) is 8.52. The minimum atomic E-state index is -0.199. The fourth-order valence-corrected chi connectivity index (χ4v) is 1.48. The van der Waals surface area contributed by atoms with Crippen LogP contribution in [-0.4, -0.2) is 29.8 Å². The van der Waals surface area contributed by atoms with Crippen LogP contribution in [0, 0.1) is 0 Å². The van der Waals surface area contributed by atoms with Crippen molar-refractivity contribution in [2.75, 3.05) is 14.2 Å². The average Bonchev–Trinajstić information content (AvgIpc) is 2.66. The van der Waals surface area contributed by atoms with Crippen LogP contribution in [-0.2, 0) is 0 Å². The van der Waals surface area contributed by atoms with Gasteiger partial charge in [0, 0.05) is 18.6 Å². The van der Waals surface area contributed by atoms with Crippen LogP contribution in [0.5, 0.6) is 0 Å². The Morgan fingerprint density at radius 1 is 1.60 bits per heavy atom. The maximum atomic E-state index is 11.5. The van der Waals surface area contributed by atoms with Crippen molar-refractivity contribution in [1.29, 1.82) is 0 Å². The van der Waals surface area contributed by atoms with Crippen molar-refractivity contribution in [3.63, 3.8) is 0 Å². The van der Waals surface area contributed by atoms with Crippen LogP contribution in [0.3, 0.4) is 0 Å². The van der Waals surface area contributed by atoms with E-state index in [1.165, 1.54) is 11.8 Å². The third kappa shape index (κ3) is 1.41. The molecule has 15 heavy (non-hydrogen) atoms. The lowest BCUT2D eigenvalue weighted by molar-refractivity contribution is 0.0911. The zero-order chi connectivity index (χ0) is 10.8. The molecule has 0 radical (unpaired) electrons. The number of carbonyl (C=O) groups is 1. The van der Waals surface area contributed by atoms with E-state index in [0.29, 0.717) is 11.3 Å². The minimum absolute atomic E-state index is 0.199. The molecule has 0 aliphatic rings. The highest BCUT2D eigenvalue weighted by Gasteiger charge is 2.15. The Morgan fingerprint density at radius 3 is 3.07 bits per heavy atom. The maximum Gasteiger partial charge on any atom is 0.271 e. The number of nitrogens with one attached hydrogen (secondary N) is 1. The molecular formula is C10H11N3O2. The number of carbonyl (C=O) groups excluding carboxylic acids is 1. The molecule has 1 N–H and O–H groups in total. The molecule has 0 unspecified atom stereocenters. The van der Waals surface area contributed by atoms with E-state index in [4.69, 9.17) is 4.84 Å². The van der Waals surface area contributed by atoms with Gasteiger partial charge in [-0.1, -0.05) is 0 Å². The summed E-state index contributed by atoms with van der Waals surface area (Å²) in [6.07, 6.45) is 1.66. The number of fused-ring (bicyclic) bond motifs is 1. The highest BCUT2D eigenvalue weighted by molar-refractivity contribution is 5.97. The number of hydrogen-bond donors (Lipinski definition) is 1. The molecule has 5 nitrogen and oxygen atoms in total. The standard InChI is InChI=1S/C10H11N3O2/c1-11-10(14)8-6-7-4-3-5-12-9(7)13(8)15-2/h3-6H,1-2H3,(H,11,14). The maximum absolute atomic E-state index is 11.5. The third-order valence-electron chi connectivity index (χ3n) is 2.16. The Hall–Kier alpha value is -2.04. The molecule has 5 heteroatoms. The van der Waals surface area contributed by atoms with Crippen molar-refractivity contribution >= 4 is 16.9 Å². The summed E-state index contributed by atoms with van der Waals surface area (Å²) in [6, 6.07) is 5.44. The molecule has 2 aromatic heterocycles. The fraction of sp³-hybridized carbons (Fsp3) is 0.200. The smallest absolute Gasteiger partial charge is 0.271 e. The first-order chi connectivity index (χ1) is 7.27. The monoisotopic (exact) mass is 205 g/mol. The first-order valence-corrected chi connectivity index (χ1v) is 4.51. The van der Waals surface area contributed by atoms with Gasteiger partial charge in [-0.05, 0) is 18.2 Å². The quantitative estimate of drug-likeness (QED) is 0.774. The normalized spacial score (nSPS) is 10.3. The average molecular weight is 205 g/mol. The molecule has 2 aromatic rings. The van der Waals surface area contributed by atoms with Gasteiger partial charge < -0.3 is 10.2 Å². The number of amides is 1. The van der Waals surface area contributed by atoms with Crippen molar-refractivity contribution in [1.82, 2.24) is 15.0 Å². The molecule has 2 rings (SSSR count). The van der Waals surface area contributed by atoms with Crippen LogP contribution in [0.4, 0.5) is 0 Å². The van der Waals surface area contributed by atoms with Gasteiger partial charge in [0.2, 0.25) is 0 Å². The Morgan fingerprint density at radius 2 is 2.40 bits per heavy atom. The number of pyridine rings is 1. The fourth-order valence-electron chi connectivity index (χ4n) is 1.48. The second-order valence-corrected chi connectivity index (χ2v) is 3.00. The van der Waals surface area contributed by atoms with Gasteiger partial charge in [-0.25, -0.2) is 4.98 Å². The van der Waals surface area contributed by atoms with Gasteiger partial charge >= 0.3 is 0 Å². The van der Waals surface area contributed by atoms with Crippen LogP contribution in [0.2, 0.25) is 0 Å². The van der Waals surface area contributed by atoms with E-state index >= 15 is 0 Å². The lowest BCUT2D eigenvalue weighted by Gasteiger charge is -2.05. The van der Waals surface area contributed by atoms with E-state index in [-0.39, 0.29) is 5.91 Å². The second-order valence-electron chi connectivity index (χ2n) is 3.00. The predicted molar refractivity (Wildman–Crippen MR) is 55.6 cm³/mol. The van der Waals surface area contributed by atoms with E-state index in [9.17, 15) is 4.79 Å². The summed E-state index contributed by atoms with van der Waals surface area (Å²) in [4.78, 5) is 20.8. The van der Waals surface area contributed by atoms with Crippen LogP contribution in [0.1, 0.15) is 10.5 Å². The molecule has 0 atom stereocenters. The topological polar surface area (TPSA) is 56.2 Å². The summed E-state index contributed by atoms with van der Waals surface area (Å²) in [5, 5.41) is 3.42.